The van der Waals surface area contributed by atoms with Crippen LogP contribution in [-0.2, 0) is 9.53 Å². The molecule has 0 bridgehead atoms. The Labute approximate surface area is 186 Å². The van der Waals surface area contributed by atoms with Gasteiger partial charge in [-0.3, -0.25) is 10.1 Å². The standard InChI is InChI=1S/C23H16N2O8/c1-2-30-20-13-14(12-17-23(27)33-21(24-17)19-4-3-11-31-19)5-10-18(20)32-22(26)15-6-8-16(9-7-15)25(28)29/h3-13H,2H2,1H3/b17-12+. The molecule has 2 aromatic carbocycles. The first kappa shape index (κ1) is 21.5. The zero-order valence-electron chi connectivity index (χ0n) is 17.2. The average molecular weight is 448 g/mol. The average Bonchev–Trinajstić information content (AvgIpc) is 3.46. The third kappa shape index (κ3) is 4.79. The van der Waals surface area contributed by atoms with Gasteiger partial charge in [-0.05, 0) is 55.0 Å². The number of carbonyl (C=O) groups is 2. The molecule has 0 spiro atoms. The van der Waals surface area contributed by atoms with Gasteiger partial charge in [0.25, 0.3) is 11.6 Å². The van der Waals surface area contributed by atoms with Crippen LogP contribution >= 0.6 is 0 Å². The van der Waals surface area contributed by atoms with E-state index < -0.39 is 16.9 Å². The molecule has 33 heavy (non-hydrogen) atoms. The molecule has 0 saturated carbocycles. The van der Waals surface area contributed by atoms with Gasteiger partial charge < -0.3 is 18.6 Å². The molecule has 1 aromatic heterocycles. The molecule has 0 N–H and O–H groups in total. The van der Waals surface area contributed by atoms with Crippen molar-refractivity contribution in [3.05, 3.63) is 93.6 Å². The lowest BCUT2D eigenvalue weighted by molar-refractivity contribution is -0.384. The van der Waals surface area contributed by atoms with Gasteiger partial charge in [0.2, 0.25) is 0 Å². The fourth-order valence-corrected chi connectivity index (χ4v) is 2.92. The van der Waals surface area contributed by atoms with Crippen molar-refractivity contribution in [2.45, 2.75) is 6.92 Å². The SMILES string of the molecule is CCOc1cc(/C=C2/N=C(c3ccco3)OC2=O)ccc1OC(=O)c1ccc([N+](=O)[O-])cc1. The van der Waals surface area contributed by atoms with Gasteiger partial charge in [0.1, 0.15) is 0 Å². The second-order valence-electron chi connectivity index (χ2n) is 6.65. The van der Waals surface area contributed by atoms with Gasteiger partial charge in [-0.25, -0.2) is 14.6 Å². The molecule has 0 atom stereocenters. The van der Waals surface area contributed by atoms with E-state index >= 15 is 0 Å². The van der Waals surface area contributed by atoms with Crippen LogP contribution in [0.4, 0.5) is 5.69 Å². The minimum Gasteiger partial charge on any atom is -0.490 e. The van der Waals surface area contributed by atoms with Crippen LogP contribution in [0.5, 0.6) is 11.5 Å². The van der Waals surface area contributed by atoms with Crippen LogP contribution in [0.15, 0.2) is 76.0 Å². The van der Waals surface area contributed by atoms with E-state index in [0.29, 0.717) is 17.9 Å². The Morgan fingerprint density at radius 3 is 2.61 bits per heavy atom. The van der Waals surface area contributed by atoms with Gasteiger partial charge in [-0.2, -0.15) is 0 Å². The maximum Gasteiger partial charge on any atom is 0.363 e. The summed E-state index contributed by atoms with van der Waals surface area (Å²) in [5, 5.41) is 10.8. The molecule has 0 aliphatic carbocycles. The molecular formula is C23H16N2O8. The number of cyclic esters (lactones) is 1. The van der Waals surface area contributed by atoms with Crippen molar-refractivity contribution in [3.63, 3.8) is 0 Å². The fourth-order valence-electron chi connectivity index (χ4n) is 2.92. The molecule has 166 valence electrons. The normalized spacial score (nSPS) is 14.0. The number of nitro benzene ring substituents is 1. The summed E-state index contributed by atoms with van der Waals surface area (Å²) >= 11 is 0. The number of carbonyl (C=O) groups excluding carboxylic acids is 2. The number of nitro groups is 1. The minimum atomic E-state index is -0.705. The molecule has 2 heterocycles. The first-order valence-electron chi connectivity index (χ1n) is 9.74. The van der Waals surface area contributed by atoms with Crippen molar-refractivity contribution < 1.29 is 33.1 Å². The van der Waals surface area contributed by atoms with Crippen LogP contribution in [0, 0.1) is 10.1 Å². The molecule has 1 aliphatic rings. The maximum absolute atomic E-state index is 12.5. The summed E-state index contributed by atoms with van der Waals surface area (Å²) < 4.78 is 21.3. The predicted octanol–water partition coefficient (Wildman–Crippen LogP) is 4.15. The molecule has 0 saturated heterocycles. The predicted molar refractivity (Wildman–Crippen MR) is 115 cm³/mol. The van der Waals surface area contributed by atoms with E-state index in [1.165, 1.54) is 42.7 Å². The van der Waals surface area contributed by atoms with Crippen molar-refractivity contribution in [1.82, 2.24) is 0 Å². The second kappa shape index (κ2) is 9.18. The van der Waals surface area contributed by atoms with Gasteiger partial charge in [0, 0.05) is 12.1 Å². The zero-order chi connectivity index (χ0) is 23.4. The van der Waals surface area contributed by atoms with Crippen LogP contribution < -0.4 is 9.47 Å². The lowest BCUT2D eigenvalue weighted by Crippen LogP contribution is -2.10. The number of rotatable bonds is 7. The summed E-state index contributed by atoms with van der Waals surface area (Å²) in [5.74, 6) is -0.526. The largest absolute Gasteiger partial charge is 0.490 e. The number of aliphatic imine (C=N–C) groups is 1. The lowest BCUT2D eigenvalue weighted by Gasteiger charge is -2.11. The molecule has 3 aromatic rings. The number of hydrogen-bond donors (Lipinski definition) is 0. The topological polar surface area (TPSA) is 130 Å². The quantitative estimate of drug-likeness (QED) is 0.173. The van der Waals surface area contributed by atoms with Gasteiger partial charge in [-0.15, -0.1) is 0 Å². The third-order valence-electron chi connectivity index (χ3n) is 4.44. The molecule has 10 heteroatoms. The van der Waals surface area contributed by atoms with Crippen LogP contribution in [-0.4, -0.2) is 29.4 Å². The van der Waals surface area contributed by atoms with Crippen LogP contribution in [0.1, 0.15) is 28.6 Å². The van der Waals surface area contributed by atoms with E-state index in [2.05, 4.69) is 4.99 Å². The number of hydrogen-bond acceptors (Lipinski definition) is 9. The number of furan rings is 1. The second-order valence-corrected chi connectivity index (χ2v) is 6.65. The fraction of sp³-hybridized carbons (Fsp3) is 0.0870. The Kier molecular flexibility index (Phi) is 5.98. The maximum atomic E-state index is 12.5. The summed E-state index contributed by atoms with van der Waals surface area (Å²) in [4.78, 5) is 39.0. The molecule has 0 radical (unpaired) electrons. The molecule has 10 nitrogen and oxygen atoms in total. The van der Waals surface area contributed by atoms with Crippen molar-refractivity contribution in [2.75, 3.05) is 6.61 Å². The molecule has 0 fully saturated rings. The summed E-state index contributed by atoms with van der Waals surface area (Å²) in [6.45, 7) is 2.06. The molecular weight excluding hydrogens is 432 g/mol. The van der Waals surface area contributed by atoms with Crippen molar-refractivity contribution >= 4 is 29.6 Å². The molecule has 0 amide bonds. The van der Waals surface area contributed by atoms with E-state index in [-0.39, 0.29) is 34.3 Å². The number of nitrogens with zero attached hydrogens (tertiary/aromatic N) is 2. The summed E-state index contributed by atoms with van der Waals surface area (Å²) in [6.07, 6.45) is 2.95. The van der Waals surface area contributed by atoms with Gasteiger partial charge in [0.05, 0.1) is 23.4 Å². The highest BCUT2D eigenvalue weighted by atomic mass is 16.6. The highest BCUT2D eigenvalue weighted by molar-refractivity contribution is 6.11. The van der Waals surface area contributed by atoms with Crippen LogP contribution in [0.3, 0.4) is 0 Å². The Morgan fingerprint density at radius 2 is 1.94 bits per heavy atom. The zero-order valence-corrected chi connectivity index (χ0v) is 17.2. The molecule has 4 rings (SSSR count). The first-order chi connectivity index (χ1) is 15.9. The molecule has 1 aliphatic heterocycles. The Hall–Kier alpha value is -4.73. The van der Waals surface area contributed by atoms with Crippen LogP contribution in [0.2, 0.25) is 0 Å². The Bertz CT molecular complexity index is 1270. The summed E-state index contributed by atoms with van der Waals surface area (Å²) in [5.41, 5.74) is 0.634. The van der Waals surface area contributed by atoms with Gasteiger partial charge >= 0.3 is 11.9 Å². The van der Waals surface area contributed by atoms with E-state index in [1.54, 1.807) is 31.2 Å². The Morgan fingerprint density at radius 1 is 1.15 bits per heavy atom. The van der Waals surface area contributed by atoms with E-state index in [1.807, 2.05) is 0 Å². The van der Waals surface area contributed by atoms with E-state index in [0.717, 1.165) is 0 Å². The first-order valence-corrected chi connectivity index (χ1v) is 9.74. The Balaban J connectivity index is 1.56. The van der Waals surface area contributed by atoms with Crippen molar-refractivity contribution in [3.8, 4) is 11.5 Å². The monoisotopic (exact) mass is 448 g/mol. The summed E-state index contributed by atoms with van der Waals surface area (Å²) in [6, 6.07) is 13.0. The van der Waals surface area contributed by atoms with Crippen molar-refractivity contribution in [2.24, 2.45) is 4.99 Å². The van der Waals surface area contributed by atoms with Gasteiger partial charge in [-0.1, -0.05) is 6.07 Å². The highest BCUT2D eigenvalue weighted by Crippen LogP contribution is 2.31. The highest BCUT2D eigenvalue weighted by Gasteiger charge is 2.26. The van der Waals surface area contributed by atoms with Gasteiger partial charge in [0.15, 0.2) is 23.0 Å². The van der Waals surface area contributed by atoms with E-state index in [9.17, 15) is 19.7 Å². The number of benzene rings is 2. The summed E-state index contributed by atoms with van der Waals surface area (Å²) in [7, 11) is 0. The minimum absolute atomic E-state index is 0.0647. The van der Waals surface area contributed by atoms with E-state index in [4.69, 9.17) is 18.6 Å². The van der Waals surface area contributed by atoms with Crippen LogP contribution in [0.25, 0.3) is 6.08 Å². The lowest BCUT2D eigenvalue weighted by atomic mass is 10.1. The third-order valence-corrected chi connectivity index (χ3v) is 4.44. The molecule has 0 unspecified atom stereocenters. The number of non-ortho nitro benzene ring substituents is 1. The number of ether oxygens (including phenoxy) is 3. The number of esters is 2. The smallest absolute Gasteiger partial charge is 0.363 e. The van der Waals surface area contributed by atoms with Crippen molar-refractivity contribution in [1.29, 1.82) is 0 Å².